The van der Waals surface area contributed by atoms with Gasteiger partial charge in [-0.1, -0.05) is 37.3 Å². The molecule has 0 saturated carbocycles. The molecule has 3 rings (SSSR count). The van der Waals surface area contributed by atoms with Crippen molar-refractivity contribution in [3.63, 3.8) is 0 Å². The minimum Gasteiger partial charge on any atom is -0.355 e. The number of benzene rings is 1. The van der Waals surface area contributed by atoms with Crippen molar-refractivity contribution in [1.29, 1.82) is 0 Å². The highest BCUT2D eigenvalue weighted by Crippen LogP contribution is 2.19. The Hall–Kier alpha value is -2.47. The van der Waals surface area contributed by atoms with Crippen LogP contribution < -0.4 is 10.2 Å². The lowest BCUT2D eigenvalue weighted by Crippen LogP contribution is -2.54. The van der Waals surface area contributed by atoms with E-state index in [9.17, 15) is 4.79 Å². The maximum absolute atomic E-state index is 12.2. The van der Waals surface area contributed by atoms with Crippen LogP contribution in [0, 0.1) is 0 Å². The van der Waals surface area contributed by atoms with Gasteiger partial charge < -0.3 is 10.2 Å². The Morgan fingerprint density at radius 3 is 2.58 bits per heavy atom. The number of amides is 1. The van der Waals surface area contributed by atoms with Gasteiger partial charge in [0.15, 0.2) is 5.82 Å². The third-order valence-corrected chi connectivity index (χ3v) is 4.79. The van der Waals surface area contributed by atoms with Crippen LogP contribution in [-0.4, -0.2) is 59.5 Å². The van der Waals surface area contributed by atoms with Crippen molar-refractivity contribution in [2.45, 2.75) is 26.3 Å². The predicted molar refractivity (Wildman–Crippen MR) is 104 cm³/mol. The topological polar surface area (TPSA) is 61.4 Å². The molecule has 0 bridgehead atoms. The van der Waals surface area contributed by atoms with Crippen LogP contribution in [0.1, 0.15) is 20.3 Å². The molecule has 1 amide bonds. The molecule has 6 nitrogen and oxygen atoms in total. The second kappa shape index (κ2) is 8.76. The molecule has 0 spiro atoms. The van der Waals surface area contributed by atoms with Crippen molar-refractivity contribution in [1.82, 2.24) is 20.2 Å². The van der Waals surface area contributed by atoms with E-state index in [-0.39, 0.29) is 11.9 Å². The van der Waals surface area contributed by atoms with Crippen LogP contribution in [0.15, 0.2) is 42.6 Å². The van der Waals surface area contributed by atoms with Crippen molar-refractivity contribution in [2.75, 3.05) is 37.6 Å². The molecule has 0 radical (unpaired) electrons. The molecule has 2 heterocycles. The van der Waals surface area contributed by atoms with E-state index in [0.717, 1.165) is 56.4 Å². The Morgan fingerprint density at radius 1 is 1.15 bits per heavy atom. The summed E-state index contributed by atoms with van der Waals surface area (Å²) >= 11 is 0. The lowest BCUT2D eigenvalue weighted by molar-refractivity contribution is -0.126. The van der Waals surface area contributed by atoms with E-state index in [1.165, 1.54) is 0 Å². The first-order chi connectivity index (χ1) is 12.7. The first kappa shape index (κ1) is 18.3. The fourth-order valence-electron chi connectivity index (χ4n) is 3.15. The summed E-state index contributed by atoms with van der Waals surface area (Å²) in [5, 5.41) is 2.98. The minimum atomic E-state index is -0.0889. The van der Waals surface area contributed by atoms with Gasteiger partial charge >= 0.3 is 0 Å². The predicted octanol–water partition coefficient (Wildman–Crippen LogP) is 2.18. The molecule has 26 heavy (non-hydrogen) atoms. The molecule has 6 heteroatoms. The smallest absolute Gasteiger partial charge is 0.237 e. The van der Waals surface area contributed by atoms with Crippen molar-refractivity contribution < 1.29 is 4.79 Å². The molecule has 1 atom stereocenters. The Labute approximate surface area is 155 Å². The SMILES string of the molecule is CCCNC(=O)[C@H](C)N1CCN(c2ccnc(-c3ccccc3)n2)CC1. The van der Waals surface area contributed by atoms with Crippen LogP contribution in [0.2, 0.25) is 0 Å². The average molecular weight is 353 g/mol. The lowest BCUT2D eigenvalue weighted by atomic mass is 10.2. The molecule has 138 valence electrons. The Balaban J connectivity index is 1.61. The van der Waals surface area contributed by atoms with Crippen LogP contribution in [0.3, 0.4) is 0 Å². The lowest BCUT2D eigenvalue weighted by Gasteiger charge is -2.38. The molecule has 1 aliphatic rings. The quantitative estimate of drug-likeness (QED) is 0.862. The summed E-state index contributed by atoms with van der Waals surface area (Å²) in [5.74, 6) is 1.81. The summed E-state index contributed by atoms with van der Waals surface area (Å²) in [6.07, 6.45) is 2.78. The number of rotatable bonds is 6. The number of nitrogens with zero attached hydrogens (tertiary/aromatic N) is 4. The van der Waals surface area contributed by atoms with Gasteiger partial charge in [-0.25, -0.2) is 9.97 Å². The zero-order valence-electron chi connectivity index (χ0n) is 15.6. The second-order valence-corrected chi connectivity index (χ2v) is 6.59. The van der Waals surface area contributed by atoms with E-state index in [2.05, 4.69) is 27.0 Å². The standard InChI is InChI=1S/C20H27N5O/c1-3-10-22-20(26)16(2)24-12-14-25(15-13-24)18-9-11-21-19(23-18)17-7-5-4-6-8-17/h4-9,11,16H,3,10,12-15H2,1-2H3,(H,22,26)/t16-/m0/s1. The summed E-state index contributed by atoms with van der Waals surface area (Å²) < 4.78 is 0. The number of anilines is 1. The highest BCUT2D eigenvalue weighted by molar-refractivity contribution is 5.81. The van der Waals surface area contributed by atoms with Gasteiger partial charge in [0.2, 0.25) is 5.91 Å². The monoisotopic (exact) mass is 353 g/mol. The van der Waals surface area contributed by atoms with E-state index in [0.29, 0.717) is 0 Å². The Bertz CT molecular complexity index is 713. The number of nitrogens with one attached hydrogen (secondary N) is 1. The largest absolute Gasteiger partial charge is 0.355 e. The number of carbonyl (C=O) groups excluding carboxylic acids is 1. The van der Waals surface area contributed by atoms with Crippen molar-refractivity contribution in [2.24, 2.45) is 0 Å². The van der Waals surface area contributed by atoms with Crippen LogP contribution in [0.4, 0.5) is 5.82 Å². The first-order valence-corrected chi connectivity index (χ1v) is 9.34. The van der Waals surface area contributed by atoms with Gasteiger partial charge in [0, 0.05) is 44.5 Å². The van der Waals surface area contributed by atoms with Crippen LogP contribution in [0.5, 0.6) is 0 Å². The molecule has 1 aromatic carbocycles. The zero-order chi connectivity index (χ0) is 18.4. The van der Waals surface area contributed by atoms with Crippen LogP contribution in [-0.2, 0) is 4.79 Å². The number of carbonyl (C=O) groups is 1. The van der Waals surface area contributed by atoms with E-state index in [1.54, 1.807) is 0 Å². The summed E-state index contributed by atoms with van der Waals surface area (Å²) in [6, 6.07) is 11.9. The number of piperazine rings is 1. The van der Waals surface area contributed by atoms with Gasteiger partial charge in [0.25, 0.3) is 0 Å². The highest BCUT2D eigenvalue weighted by Gasteiger charge is 2.25. The summed E-state index contributed by atoms with van der Waals surface area (Å²) in [7, 11) is 0. The van der Waals surface area contributed by atoms with Crippen LogP contribution >= 0.6 is 0 Å². The fraction of sp³-hybridized carbons (Fsp3) is 0.450. The van der Waals surface area contributed by atoms with Gasteiger partial charge in [0.1, 0.15) is 5.82 Å². The van der Waals surface area contributed by atoms with E-state index in [1.807, 2.05) is 49.5 Å². The Kier molecular flexibility index (Phi) is 6.17. The molecular formula is C20H27N5O. The van der Waals surface area contributed by atoms with Crippen molar-refractivity contribution in [3.8, 4) is 11.4 Å². The summed E-state index contributed by atoms with van der Waals surface area (Å²) in [4.78, 5) is 25.8. The molecule has 1 fully saturated rings. The third-order valence-electron chi connectivity index (χ3n) is 4.79. The van der Waals surface area contributed by atoms with Crippen molar-refractivity contribution >= 4 is 11.7 Å². The molecule has 0 unspecified atom stereocenters. The summed E-state index contributed by atoms with van der Waals surface area (Å²) in [5.41, 5.74) is 1.02. The maximum atomic E-state index is 12.2. The molecule has 2 aromatic rings. The van der Waals surface area contributed by atoms with E-state index < -0.39 is 0 Å². The molecular weight excluding hydrogens is 326 g/mol. The molecule has 1 saturated heterocycles. The molecule has 1 aromatic heterocycles. The average Bonchev–Trinajstić information content (AvgIpc) is 2.72. The van der Waals surface area contributed by atoms with Crippen molar-refractivity contribution in [3.05, 3.63) is 42.6 Å². The fourth-order valence-corrected chi connectivity index (χ4v) is 3.15. The van der Waals surface area contributed by atoms with Gasteiger partial charge in [-0.2, -0.15) is 0 Å². The van der Waals surface area contributed by atoms with E-state index >= 15 is 0 Å². The van der Waals surface area contributed by atoms with Gasteiger partial charge in [-0.15, -0.1) is 0 Å². The van der Waals surface area contributed by atoms with Crippen LogP contribution in [0.25, 0.3) is 11.4 Å². The molecule has 1 N–H and O–H groups in total. The first-order valence-electron chi connectivity index (χ1n) is 9.34. The van der Waals surface area contributed by atoms with Gasteiger partial charge in [-0.3, -0.25) is 9.69 Å². The second-order valence-electron chi connectivity index (χ2n) is 6.59. The van der Waals surface area contributed by atoms with Gasteiger partial charge in [-0.05, 0) is 19.4 Å². The molecule has 1 aliphatic heterocycles. The van der Waals surface area contributed by atoms with Gasteiger partial charge in [0.05, 0.1) is 6.04 Å². The number of aromatic nitrogens is 2. The third kappa shape index (κ3) is 4.38. The zero-order valence-corrected chi connectivity index (χ0v) is 15.6. The normalized spacial score (nSPS) is 16.3. The van der Waals surface area contributed by atoms with E-state index in [4.69, 9.17) is 4.98 Å². The molecule has 0 aliphatic carbocycles. The maximum Gasteiger partial charge on any atom is 0.237 e. The number of hydrogen-bond acceptors (Lipinski definition) is 5. The minimum absolute atomic E-state index is 0.0889. The highest BCUT2D eigenvalue weighted by atomic mass is 16.2. The Morgan fingerprint density at radius 2 is 1.88 bits per heavy atom. The number of hydrogen-bond donors (Lipinski definition) is 1. The summed E-state index contributed by atoms with van der Waals surface area (Å²) in [6.45, 7) is 8.21.